The molecule has 1 saturated heterocycles. The Bertz CT molecular complexity index is 866. The second-order valence-corrected chi connectivity index (χ2v) is 6.98. The number of piperidine rings is 1. The maximum atomic E-state index is 12.6. The molecule has 26 heavy (non-hydrogen) atoms. The summed E-state index contributed by atoms with van der Waals surface area (Å²) < 4.78 is 1.82. The molecule has 0 radical (unpaired) electrons. The zero-order valence-electron chi connectivity index (χ0n) is 14.9. The Hall–Kier alpha value is -2.89. The molecule has 6 nitrogen and oxygen atoms in total. The maximum Gasteiger partial charge on any atom is 0.242 e. The number of H-pyrrole nitrogens is 1. The van der Waals surface area contributed by atoms with E-state index in [2.05, 4.69) is 46.4 Å². The molecule has 1 fully saturated rings. The van der Waals surface area contributed by atoms with Gasteiger partial charge in [-0.2, -0.15) is 5.10 Å². The molecule has 134 valence electrons. The number of nitrogens with zero attached hydrogens (tertiary/aromatic N) is 4. The number of hydrogen-bond donors (Lipinski definition) is 1. The number of amides is 1. The number of hydrogen-bond acceptors (Lipinski definition) is 3. The van der Waals surface area contributed by atoms with Crippen LogP contribution >= 0.6 is 0 Å². The molecule has 1 aromatic carbocycles. The van der Waals surface area contributed by atoms with E-state index in [1.165, 1.54) is 11.1 Å². The standard InChI is InChI=1S/C20H23N5O/c1-15-4-6-16(7-5-15)18-11-22-23-20(18)17-3-2-9-25(12-17)19(26)13-24-10-8-21-14-24/h4-8,10-11,14,17H,2-3,9,12-13H2,1H3,(H,22,23)/t17-/m1/s1. The van der Waals surface area contributed by atoms with Crippen LogP contribution in [0.2, 0.25) is 0 Å². The third-order valence-electron chi connectivity index (χ3n) is 5.09. The highest BCUT2D eigenvalue weighted by atomic mass is 16.2. The van der Waals surface area contributed by atoms with Crippen molar-refractivity contribution in [2.75, 3.05) is 13.1 Å². The lowest BCUT2D eigenvalue weighted by atomic mass is 9.90. The minimum atomic E-state index is 0.143. The van der Waals surface area contributed by atoms with Crippen LogP contribution in [0.25, 0.3) is 11.1 Å². The number of imidazole rings is 1. The van der Waals surface area contributed by atoms with Gasteiger partial charge in [-0.1, -0.05) is 29.8 Å². The van der Waals surface area contributed by atoms with Crippen LogP contribution in [0.4, 0.5) is 0 Å². The molecule has 6 heteroatoms. The van der Waals surface area contributed by atoms with Crippen LogP contribution < -0.4 is 0 Å². The first kappa shape index (κ1) is 16.6. The zero-order valence-corrected chi connectivity index (χ0v) is 14.9. The molecule has 3 heterocycles. The second-order valence-electron chi connectivity index (χ2n) is 6.98. The summed E-state index contributed by atoms with van der Waals surface area (Å²) in [7, 11) is 0. The van der Waals surface area contributed by atoms with E-state index >= 15 is 0 Å². The number of nitrogens with one attached hydrogen (secondary N) is 1. The monoisotopic (exact) mass is 349 g/mol. The molecule has 4 rings (SSSR count). The lowest BCUT2D eigenvalue weighted by molar-refractivity contribution is -0.133. The molecule has 0 bridgehead atoms. The lowest BCUT2D eigenvalue weighted by Gasteiger charge is -2.33. The van der Waals surface area contributed by atoms with E-state index in [1.54, 1.807) is 12.5 Å². The Kier molecular flexibility index (Phi) is 4.56. The molecular formula is C20H23N5O. The van der Waals surface area contributed by atoms with Crippen molar-refractivity contribution in [2.45, 2.75) is 32.2 Å². The van der Waals surface area contributed by atoms with Crippen LogP contribution in [-0.2, 0) is 11.3 Å². The molecule has 0 unspecified atom stereocenters. The van der Waals surface area contributed by atoms with Gasteiger partial charge >= 0.3 is 0 Å². The Morgan fingerprint density at radius 1 is 1.31 bits per heavy atom. The fraction of sp³-hybridized carbons (Fsp3) is 0.350. The highest BCUT2D eigenvalue weighted by molar-refractivity contribution is 5.76. The molecule has 1 atom stereocenters. The van der Waals surface area contributed by atoms with E-state index in [0.717, 1.165) is 37.2 Å². The Balaban J connectivity index is 1.51. The first-order valence-corrected chi connectivity index (χ1v) is 9.04. The van der Waals surface area contributed by atoms with E-state index in [1.807, 2.05) is 21.9 Å². The number of aromatic nitrogens is 4. The van der Waals surface area contributed by atoms with E-state index in [0.29, 0.717) is 6.54 Å². The quantitative estimate of drug-likeness (QED) is 0.787. The minimum Gasteiger partial charge on any atom is -0.340 e. The number of likely N-dealkylation sites (tertiary alicyclic amines) is 1. The summed E-state index contributed by atoms with van der Waals surface area (Å²) >= 11 is 0. The normalized spacial score (nSPS) is 17.4. The third kappa shape index (κ3) is 3.40. The average Bonchev–Trinajstić information content (AvgIpc) is 3.34. The third-order valence-corrected chi connectivity index (χ3v) is 5.09. The van der Waals surface area contributed by atoms with E-state index in [9.17, 15) is 4.79 Å². The van der Waals surface area contributed by atoms with Crippen molar-refractivity contribution in [2.24, 2.45) is 0 Å². The summed E-state index contributed by atoms with van der Waals surface area (Å²) in [5, 5.41) is 7.48. The van der Waals surface area contributed by atoms with Gasteiger partial charge in [-0.05, 0) is 25.3 Å². The number of aromatic amines is 1. The fourth-order valence-electron chi connectivity index (χ4n) is 3.65. The second kappa shape index (κ2) is 7.15. The molecule has 0 spiro atoms. The van der Waals surface area contributed by atoms with Crippen molar-refractivity contribution in [3.63, 3.8) is 0 Å². The van der Waals surface area contributed by atoms with Gasteiger partial charge in [0.15, 0.2) is 0 Å². The predicted octanol–water partition coefficient (Wildman–Crippen LogP) is 2.99. The summed E-state index contributed by atoms with van der Waals surface area (Å²) in [5.74, 6) is 0.429. The lowest BCUT2D eigenvalue weighted by Crippen LogP contribution is -2.40. The molecule has 0 aliphatic carbocycles. The van der Waals surface area contributed by atoms with Gasteiger partial charge in [0.05, 0.1) is 12.5 Å². The van der Waals surface area contributed by atoms with Crippen molar-refractivity contribution in [1.82, 2.24) is 24.6 Å². The van der Waals surface area contributed by atoms with Gasteiger partial charge in [0.25, 0.3) is 0 Å². The largest absolute Gasteiger partial charge is 0.340 e. The van der Waals surface area contributed by atoms with Gasteiger partial charge in [-0.15, -0.1) is 0 Å². The summed E-state index contributed by atoms with van der Waals surface area (Å²) in [5.41, 5.74) is 4.68. The van der Waals surface area contributed by atoms with Crippen molar-refractivity contribution in [1.29, 1.82) is 0 Å². The van der Waals surface area contributed by atoms with E-state index < -0.39 is 0 Å². The highest BCUT2D eigenvalue weighted by Crippen LogP contribution is 2.33. The first-order chi connectivity index (χ1) is 12.7. The van der Waals surface area contributed by atoms with Crippen LogP contribution in [0.5, 0.6) is 0 Å². The molecular weight excluding hydrogens is 326 g/mol. The van der Waals surface area contributed by atoms with Crippen LogP contribution in [0.1, 0.15) is 30.0 Å². The minimum absolute atomic E-state index is 0.143. The van der Waals surface area contributed by atoms with Gasteiger partial charge in [-0.25, -0.2) is 4.98 Å². The highest BCUT2D eigenvalue weighted by Gasteiger charge is 2.27. The molecule has 3 aromatic rings. The zero-order chi connectivity index (χ0) is 17.9. The van der Waals surface area contributed by atoms with Gasteiger partial charge in [0, 0.05) is 42.7 Å². The van der Waals surface area contributed by atoms with Gasteiger partial charge < -0.3 is 9.47 Å². The van der Waals surface area contributed by atoms with Gasteiger partial charge in [-0.3, -0.25) is 9.89 Å². The maximum absolute atomic E-state index is 12.6. The Morgan fingerprint density at radius 2 is 2.15 bits per heavy atom. The molecule has 1 aliphatic heterocycles. The molecule has 1 N–H and O–H groups in total. The number of aryl methyl sites for hydroxylation is 1. The SMILES string of the molecule is Cc1ccc(-c2cn[nH]c2[C@@H]2CCCN(C(=O)Cn3ccnc3)C2)cc1. The predicted molar refractivity (Wildman–Crippen MR) is 99.5 cm³/mol. The summed E-state index contributed by atoms with van der Waals surface area (Å²) in [6, 6.07) is 8.50. The molecule has 1 amide bonds. The summed E-state index contributed by atoms with van der Waals surface area (Å²) in [6.07, 6.45) is 9.17. The summed E-state index contributed by atoms with van der Waals surface area (Å²) in [6.45, 7) is 3.98. The van der Waals surface area contributed by atoms with Crippen molar-refractivity contribution in [3.8, 4) is 11.1 Å². The Labute approximate surface area is 152 Å². The molecule has 2 aromatic heterocycles. The van der Waals surface area contributed by atoms with Crippen LogP contribution in [0, 0.1) is 6.92 Å². The summed E-state index contributed by atoms with van der Waals surface area (Å²) in [4.78, 5) is 18.6. The average molecular weight is 349 g/mol. The van der Waals surface area contributed by atoms with Gasteiger partial charge in [0.1, 0.15) is 6.54 Å². The van der Waals surface area contributed by atoms with Crippen molar-refractivity contribution < 1.29 is 4.79 Å². The van der Waals surface area contributed by atoms with E-state index in [-0.39, 0.29) is 11.8 Å². The van der Waals surface area contributed by atoms with Crippen LogP contribution in [0.3, 0.4) is 0 Å². The molecule has 1 aliphatic rings. The van der Waals surface area contributed by atoms with Crippen molar-refractivity contribution in [3.05, 3.63) is 60.4 Å². The first-order valence-electron chi connectivity index (χ1n) is 9.04. The number of rotatable bonds is 4. The van der Waals surface area contributed by atoms with Crippen LogP contribution in [0.15, 0.2) is 49.2 Å². The van der Waals surface area contributed by atoms with Gasteiger partial charge in [0.2, 0.25) is 5.91 Å². The fourth-order valence-corrected chi connectivity index (χ4v) is 3.65. The number of benzene rings is 1. The number of carbonyl (C=O) groups is 1. The topological polar surface area (TPSA) is 66.8 Å². The Morgan fingerprint density at radius 3 is 2.92 bits per heavy atom. The van der Waals surface area contributed by atoms with Crippen LogP contribution in [-0.4, -0.2) is 43.6 Å². The van der Waals surface area contributed by atoms with Crippen molar-refractivity contribution >= 4 is 5.91 Å². The molecule has 0 saturated carbocycles. The number of carbonyl (C=O) groups excluding carboxylic acids is 1. The smallest absolute Gasteiger partial charge is 0.242 e. The van der Waals surface area contributed by atoms with E-state index in [4.69, 9.17) is 0 Å².